The Bertz CT molecular complexity index is 1780. The summed E-state index contributed by atoms with van der Waals surface area (Å²) in [4.78, 5) is 16.3. The Hall–Kier alpha value is -4.32. The Morgan fingerprint density at radius 3 is 2.62 bits per heavy atom. The standard InChI is InChI=1S/C30H25ClF2N4O4.H3N/c1-17-10-20(12-28-34-25-5-3-18(30(38)39)11-27(25)36(28)15-22-7-9-40-22)24(33)14-26(17)37-8-6-29(35-37)41-16-19-2-4-21(31)13-23(19)32;/h2-6,8,10-11,13-14,22H,7,9,12,15-16H2,1H3,(H,38,39);1H3/t22-;/m0./s1. The maximum atomic E-state index is 15.5. The third-order valence-corrected chi connectivity index (χ3v) is 7.40. The normalized spacial score (nSPS) is 14.4. The molecule has 0 saturated carbocycles. The molecule has 6 rings (SSSR count). The number of aryl methyl sites for hydroxylation is 1. The number of carboxylic acid groups (broad SMARTS) is 1. The molecule has 0 bridgehead atoms. The molecule has 9 nitrogen and oxygen atoms in total. The molecule has 0 aliphatic carbocycles. The van der Waals surface area contributed by atoms with E-state index < -0.39 is 17.6 Å². The molecular weight excluding hydrogens is 568 g/mol. The Labute approximate surface area is 244 Å². The second kappa shape index (κ2) is 11.9. The minimum absolute atomic E-state index is 0. The van der Waals surface area contributed by atoms with Crippen molar-refractivity contribution in [3.05, 3.63) is 106 Å². The van der Waals surface area contributed by atoms with Crippen LogP contribution in [-0.2, 0) is 24.3 Å². The van der Waals surface area contributed by atoms with Crippen LogP contribution in [0.4, 0.5) is 8.78 Å². The number of fused-ring (bicyclic) bond motifs is 1. The summed E-state index contributed by atoms with van der Waals surface area (Å²) in [5, 5.41) is 14.1. The largest absolute Gasteiger partial charge is 0.478 e. The van der Waals surface area contributed by atoms with Crippen LogP contribution in [0.2, 0.25) is 5.02 Å². The first-order chi connectivity index (χ1) is 19.7. The number of imidazole rings is 1. The molecule has 2 aromatic heterocycles. The maximum Gasteiger partial charge on any atom is 0.335 e. The predicted octanol–water partition coefficient (Wildman–Crippen LogP) is 6.28. The Balaban J connectivity index is 0.00000353. The Kier molecular flexibility index (Phi) is 8.26. The first-order valence-electron chi connectivity index (χ1n) is 13.0. The zero-order chi connectivity index (χ0) is 28.7. The summed E-state index contributed by atoms with van der Waals surface area (Å²) in [6.45, 7) is 3.01. The topological polar surface area (TPSA) is 126 Å². The van der Waals surface area contributed by atoms with Gasteiger partial charge in [0.2, 0.25) is 5.88 Å². The quantitative estimate of drug-likeness (QED) is 0.205. The number of hydrogen-bond donors (Lipinski definition) is 2. The van der Waals surface area contributed by atoms with Crippen molar-refractivity contribution in [3.63, 3.8) is 0 Å². The number of hydrogen-bond acceptors (Lipinski definition) is 6. The summed E-state index contributed by atoms with van der Waals surface area (Å²) in [5.74, 6) is -1.05. The van der Waals surface area contributed by atoms with Crippen LogP contribution in [0.3, 0.4) is 0 Å². The van der Waals surface area contributed by atoms with Gasteiger partial charge in [0.25, 0.3) is 0 Å². The maximum absolute atomic E-state index is 15.5. The van der Waals surface area contributed by atoms with Crippen LogP contribution in [0.15, 0.2) is 60.8 Å². The molecule has 1 atom stereocenters. The smallest absolute Gasteiger partial charge is 0.335 e. The van der Waals surface area contributed by atoms with Crippen LogP contribution in [0.1, 0.15) is 39.3 Å². The average molecular weight is 596 g/mol. The Morgan fingerprint density at radius 2 is 1.90 bits per heavy atom. The molecule has 0 amide bonds. The molecule has 5 aromatic rings. The lowest BCUT2D eigenvalue weighted by Gasteiger charge is -2.27. The highest BCUT2D eigenvalue weighted by Gasteiger charge is 2.23. The van der Waals surface area contributed by atoms with Crippen LogP contribution >= 0.6 is 11.6 Å². The lowest BCUT2D eigenvalue weighted by molar-refractivity contribution is -0.0589. The fourth-order valence-electron chi connectivity index (χ4n) is 4.87. The number of halogens is 3. The van der Waals surface area contributed by atoms with Gasteiger partial charge in [0.1, 0.15) is 24.1 Å². The number of carboxylic acids is 1. The monoisotopic (exact) mass is 595 g/mol. The van der Waals surface area contributed by atoms with E-state index in [-0.39, 0.29) is 36.7 Å². The summed E-state index contributed by atoms with van der Waals surface area (Å²) in [6, 6.07) is 13.9. The summed E-state index contributed by atoms with van der Waals surface area (Å²) in [6.07, 6.45) is 2.75. The summed E-state index contributed by atoms with van der Waals surface area (Å²) in [7, 11) is 0. The fourth-order valence-corrected chi connectivity index (χ4v) is 5.03. The molecule has 12 heteroatoms. The van der Waals surface area contributed by atoms with Crippen LogP contribution in [0, 0.1) is 18.6 Å². The Morgan fingerprint density at radius 1 is 1.12 bits per heavy atom. The van der Waals surface area contributed by atoms with E-state index >= 15 is 4.39 Å². The molecule has 1 saturated heterocycles. The molecule has 3 aromatic carbocycles. The van der Waals surface area contributed by atoms with E-state index in [0.29, 0.717) is 51.8 Å². The van der Waals surface area contributed by atoms with Gasteiger partial charge in [-0.1, -0.05) is 23.7 Å². The first kappa shape index (κ1) is 29.2. The molecule has 1 fully saturated rings. The number of rotatable bonds is 9. The summed E-state index contributed by atoms with van der Waals surface area (Å²) < 4.78 is 44.2. The molecule has 1 aliphatic rings. The minimum atomic E-state index is -1.03. The van der Waals surface area contributed by atoms with Gasteiger partial charge in [-0.05, 0) is 54.8 Å². The van der Waals surface area contributed by atoms with E-state index in [0.717, 1.165) is 12.0 Å². The third-order valence-electron chi connectivity index (χ3n) is 7.17. The molecule has 1 aliphatic heterocycles. The van der Waals surface area contributed by atoms with Gasteiger partial charge >= 0.3 is 5.97 Å². The van der Waals surface area contributed by atoms with Gasteiger partial charge in [-0.25, -0.2) is 23.2 Å². The van der Waals surface area contributed by atoms with E-state index in [9.17, 15) is 14.3 Å². The van der Waals surface area contributed by atoms with E-state index in [1.165, 1.54) is 22.9 Å². The van der Waals surface area contributed by atoms with Crippen molar-refractivity contribution in [3.8, 4) is 11.6 Å². The average Bonchev–Trinajstić information content (AvgIpc) is 3.51. The minimum Gasteiger partial charge on any atom is -0.478 e. The van der Waals surface area contributed by atoms with Crippen LogP contribution < -0.4 is 10.9 Å². The highest BCUT2D eigenvalue weighted by Crippen LogP contribution is 2.27. The van der Waals surface area contributed by atoms with E-state index in [2.05, 4.69) is 5.10 Å². The molecule has 4 N–H and O–H groups in total. The highest BCUT2D eigenvalue weighted by molar-refractivity contribution is 6.30. The summed E-state index contributed by atoms with van der Waals surface area (Å²) >= 11 is 5.80. The number of ether oxygens (including phenoxy) is 2. The third kappa shape index (κ3) is 5.85. The van der Waals surface area contributed by atoms with Crippen molar-refractivity contribution in [2.75, 3.05) is 6.61 Å². The zero-order valence-corrected chi connectivity index (χ0v) is 23.4. The molecule has 0 radical (unpaired) electrons. The molecule has 0 unspecified atom stereocenters. The van der Waals surface area contributed by atoms with E-state index in [4.69, 9.17) is 26.1 Å². The van der Waals surface area contributed by atoms with Gasteiger partial charge in [-0.3, -0.25) is 0 Å². The van der Waals surface area contributed by atoms with Crippen molar-refractivity contribution in [2.45, 2.75) is 39.0 Å². The van der Waals surface area contributed by atoms with Crippen molar-refractivity contribution in [1.29, 1.82) is 0 Å². The molecular formula is C30H28ClF2N5O4. The van der Waals surface area contributed by atoms with E-state index in [1.807, 2.05) is 11.5 Å². The second-order valence-corrected chi connectivity index (χ2v) is 10.4. The predicted molar refractivity (Wildman–Crippen MR) is 153 cm³/mol. The van der Waals surface area contributed by atoms with Gasteiger partial charge in [0.05, 0.1) is 34.9 Å². The van der Waals surface area contributed by atoms with Gasteiger partial charge in [0, 0.05) is 41.9 Å². The van der Waals surface area contributed by atoms with Crippen LogP contribution in [-0.4, -0.2) is 43.1 Å². The fraction of sp³-hybridized carbons (Fsp3) is 0.233. The molecule has 3 heterocycles. The van der Waals surface area contributed by atoms with Crippen molar-refractivity contribution >= 4 is 28.6 Å². The molecule has 218 valence electrons. The zero-order valence-electron chi connectivity index (χ0n) is 22.7. The lowest BCUT2D eigenvalue weighted by atomic mass is 10.1. The SMILES string of the molecule is Cc1cc(Cc2nc3ccc(C(=O)O)cc3n2C[C@@H]2CCO2)c(F)cc1-n1ccc(OCc2ccc(Cl)cc2F)n1.N. The molecule has 42 heavy (non-hydrogen) atoms. The number of carbonyl (C=O) groups is 1. The van der Waals surface area contributed by atoms with Crippen LogP contribution in [0.25, 0.3) is 16.7 Å². The van der Waals surface area contributed by atoms with Crippen molar-refractivity contribution in [1.82, 2.24) is 25.5 Å². The van der Waals surface area contributed by atoms with Gasteiger partial charge < -0.3 is 25.3 Å². The van der Waals surface area contributed by atoms with Gasteiger partial charge in [0.15, 0.2) is 0 Å². The van der Waals surface area contributed by atoms with Crippen molar-refractivity contribution < 1.29 is 28.2 Å². The number of aromatic nitrogens is 4. The van der Waals surface area contributed by atoms with Crippen LogP contribution in [0.5, 0.6) is 5.88 Å². The lowest BCUT2D eigenvalue weighted by Crippen LogP contribution is -2.31. The van der Waals surface area contributed by atoms with E-state index in [1.54, 1.807) is 42.6 Å². The first-order valence-corrected chi connectivity index (χ1v) is 13.4. The molecule has 0 spiro atoms. The highest BCUT2D eigenvalue weighted by atomic mass is 35.5. The second-order valence-electron chi connectivity index (χ2n) is 9.96. The summed E-state index contributed by atoms with van der Waals surface area (Å²) in [5.41, 5.74) is 3.56. The van der Waals surface area contributed by atoms with Crippen molar-refractivity contribution in [2.24, 2.45) is 0 Å². The number of aromatic carboxylic acids is 1. The number of benzene rings is 3. The van der Waals surface area contributed by atoms with Gasteiger partial charge in [-0.15, -0.1) is 5.10 Å². The van der Waals surface area contributed by atoms with Gasteiger partial charge in [-0.2, -0.15) is 0 Å². The number of nitrogens with zero attached hydrogens (tertiary/aromatic N) is 4.